The predicted molar refractivity (Wildman–Crippen MR) is 97.8 cm³/mol. The first-order valence-corrected chi connectivity index (χ1v) is 10.1. The fourth-order valence-electron chi connectivity index (χ4n) is 2.52. The largest absolute Gasteiger partial charge is 0.480 e. The van der Waals surface area contributed by atoms with E-state index in [1.54, 1.807) is 6.07 Å². The summed E-state index contributed by atoms with van der Waals surface area (Å²) in [5, 5.41) is 11.5. The highest BCUT2D eigenvalue weighted by Crippen LogP contribution is 2.29. The number of carboxylic acids is 1. The molecule has 1 amide bonds. The van der Waals surface area contributed by atoms with Gasteiger partial charge in [0.2, 0.25) is 5.91 Å². The molecule has 2 N–H and O–H groups in total. The van der Waals surface area contributed by atoms with Crippen LogP contribution in [0.1, 0.15) is 17.5 Å². The molecule has 0 saturated carbocycles. The van der Waals surface area contributed by atoms with Crippen LogP contribution in [0.25, 0.3) is 0 Å². The van der Waals surface area contributed by atoms with Gasteiger partial charge in [-0.05, 0) is 36.2 Å². The number of sulfone groups is 1. The molecule has 2 aromatic rings. The summed E-state index contributed by atoms with van der Waals surface area (Å²) in [6.07, 6.45) is -5.20. The normalized spacial score (nSPS) is 12.9. The van der Waals surface area contributed by atoms with Crippen LogP contribution in [0.4, 0.5) is 13.2 Å². The van der Waals surface area contributed by atoms with Crippen LogP contribution in [0.5, 0.6) is 0 Å². The quantitative estimate of drug-likeness (QED) is 0.672. The molecule has 0 unspecified atom stereocenters. The molecule has 0 saturated heterocycles. The number of alkyl halides is 3. The van der Waals surface area contributed by atoms with E-state index < -0.39 is 45.2 Å². The Kier molecular flexibility index (Phi) is 7.02. The van der Waals surface area contributed by atoms with Crippen molar-refractivity contribution in [3.63, 3.8) is 0 Å². The van der Waals surface area contributed by atoms with E-state index in [9.17, 15) is 36.3 Å². The van der Waals surface area contributed by atoms with Gasteiger partial charge in [0.15, 0.2) is 9.84 Å². The number of carboxylic acid groups (broad SMARTS) is 1. The molecule has 1 atom stereocenters. The van der Waals surface area contributed by atoms with E-state index in [2.05, 4.69) is 5.32 Å². The first kappa shape index (κ1) is 22.4. The minimum absolute atomic E-state index is 0.0419. The van der Waals surface area contributed by atoms with Gasteiger partial charge in [-0.15, -0.1) is 0 Å². The van der Waals surface area contributed by atoms with Crippen molar-refractivity contribution in [2.45, 2.75) is 30.0 Å². The number of rotatable bonds is 8. The minimum atomic E-state index is -4.50. The second kappa shape index (κ2) is 9.08. The molecular weight excluding hydrogens is 411 g/mol. The molecular formula is C19H18F3NO5S. The molecule has 0 aliphatic heterocycles. The van der Waals surface area contributed by atoms with E-state index in [0.717, 1.165) is 24.3 Å². The zero-order valence-corrected chi connectivity index (χ0v) is 15.8. The van der Waals surface area contributed by atoms with Gasteiger partial charge < -0.3 is 10.4 Å². The zero-order valence-electron chi connectivity index (χ0n) is 15.0. The second-order valence-electron chi connectivity index (χ2n) is 6.25. The maximum Gasteiger partial charge on any atom is 0.416 e. The number of hydrogen-bond donors (Lipinski definition) is 2. The van der Waals surface area contributed by atoms with Crippen LogP contribution in [-0.2, 0) is 32.0 Å². The van der Waals surface area contributed by atoms with Crippen molar-refractivity contribution in [2.24, 2.45) is 0 Å². The first-order chi connectivity index (χ1) is 13.5. The van der Waals surface area contributed by atoms with Crippen molar-refractivity contribution >= 4 is 21.7 Å². The van der Waals surface area contributed by atoms with Gasteiger partial charge in [0.1, 0.15) is 6.04 Å². The molecule has 0 bridgehead atoms. The number of hydrogen-bond acceptors (Lipinski definition) is 4. The Hall–Kier alpha value is -2.88. The molecule has 0 aliphatic carbocycles. The zero-order chi connectivity index (χ0) is 21.7. The van der Waals surface area contributed by atoms with Crippen LogP contribution in [0.2, 0.25) is 0 Å². The first-order valence-electron chi connectivity index (χ1n) is 8.45. The number of benzene rings is 2. The summed E-state index contributed by atoms with van der Waals surface area (Å²) in [4.78, 5) is 23.5. The second-order valence-corrected chi connectivity index (χ2v) is 8.36. The maximum absolute atomic E-state index is 12.6. The summed E-state index contributed by atoms with van der Waals surface area (Å²) < 4.78 is 62.2. The molecule has 0 fully saturated rings. The highest BCUT2D eigenvalue weighted by atomic mass is 32.2. The van der Waals surface area contributed by atoms with E-state index in [0.29, 0.717) is 0 Å². The van der Waals surface area contributed by atoms with Gasteiger partial charge >= 0.3 is 12.1 Å². The lowest BCUT2D eigenvalue weighted by atomic mass is 10.1. The van der Waals surface area contributed by atoms with Gasteiger partial charge in [-0.25, -0.2) is 13.2 Å². The predicted octanol–water partition coefficient (Wildman–Crippen LogP) is 2.68. The number of halogens is 3. The van der Waals surface area contributed by atoms with E-state index in [4.69, 9.17) is 0 Å². The van der Waals surface area contributed by atoms with Crippen LogP contribution in [0.3, 0.4) is 0 Å². The summed E-state index contributed by atoms with van der Waals surface area (Å²) in [6.45, 7) is 0. The third-order valence-corrected chi connectivity index (χ3v) is 5.82. The fourth-order valence-corrected chi connectivity index (χ4v) is 3.87. The Balaban J connectivity index is 1.98. The summed E-state index contributed by atoms with van der Waals surface area (Å²) in [5.74, 6) is -2.64. The van der Waals surface area contributed by atoms with E-state index in [-0.39, 0.29) is 23.3 Å². The number of amides is 1. The minimum Gasteiger partial charge on any atom is -0.480 e. The fraction of sp³-hybridized carbons (Fsp3) is 0.263. The van der Waals surface area contributed by atoms with Crippen molar-refractivity contribution in [2.75, 3.05) is 5.75 Å². The van der Waals surface area contributed by atoms with Crippen LogP contribution >= 0.6 is 0 Å². The van der Waals surface area contributed by atoms with Gasteiger partial charge in [0.25, 0.3) is 0 Å². The Bertz CT molecular complexity index is 958. The highest BCUT2D eigenvalue weighted by Gasteiger charge is 2.30. The standard InChI is InChI=1S/C19H18F3NO5S/c20-19(21,22)14-8-6-13(7-9-14)12-17(24)23-16(18(25)26)10-11-29(27,28)15-4-2-1-3-5-15/h1-9,16H,10-12H2,(H,23,24)(H,25,26)/t16-/m0/s1. The smallest absolute Gasteiger partial charge is 0.416 e. The Morgan fingerprint density at radius 1 is 1.00 bits per heavy atom. The van der Waals surface area contributed by atoms with Crippen molar-refractivity contribution < 1.29 is 36.3 Å². The van der Waals surface area contributed by atoms with Gasteiger partial charge in [0.05, 0.1) is 22.6 Å². The van der Waals surface area contributed by atoms with Crippen molar-refractivity contribution in [3.8, 4) is 0 Å². The van der Waals surface area contributed by atoms with Crippen LogP contribution in [0, 0.1) is 0 Å². The lowest BCUT2D eigenvalue weighted by Gasteiger charge is -2.15. The molecule has 29 heavy (non-hydrogen) atoms. The maximum atomic E-state index is 12.6. The molecule has 0 spiro atoms. The average Bonchev–Trinajstić information content (AvgIpc) is 2.65. The number of nitrogens with one attached hydrogen (secondary N) is 1. The van der Waals surface area contributed by atoms with E-state index in [1.165, 1.54) is 24.3 Å². The Labute approximate surface area is 165 Å². The van der Waals surface area contributed by atoms with Crippen molar-refractivity contribution in [1.82, 2.24) is 5.32 Å². The third-order valence-electron chi connectivity index (χ3n) is 4.06. The van der Waals surface area contributed by atoms with Crippen LogP contribution in [0.15, 0.2) is 59.5 Å². The number of carbonyl (C=O) groups excluding carboxylic acids is 1. The summed E-state index contributed by atoms with van der Waals surface area (Å²) in [7, 11) is -3.72. The van der Waals surface area contributed by atoms with Gasteiger partial charge in [0, 0.05) is 0 Å². The molecule has 156 valence electrons. The van der Waals surface area contributed by atoms with Crippen LogP contribution in [-0.4, -0.2) is 37.2 Å². The molecule has 2 rings (SSSR count). The molecule has 0 aromatic heterocycles. The average molecular weight is 429 g/mol. The monoisotopic (exact) mass is 429 g/mol. The Morgan fingerprint density at radius 3 is 2.10 bits per heavy atom. The highest BCUT2D eigenvalue weighted by molar-refractivity contribution is 7.91. The van der Waals surface area contributed by atoms with Gasteiger partial charge in [-0.1, -0.05) is 30.3 Å². The molecule has 0 radical (unpaired) electrons. The molecule has 2 aromatic carbocycles. The molecule has 6 nitrogen and oxygen atoms in total. The summed E-state index contributed by atoms with van der Waals surface area (Å²) in [5.41, 5.74) is -0.604. The third kappa shape index (κ3) is 6.60. The SMILES string of the molecule is O=C(Cc1ccc(C(F)(F)F)cc1)N[C@@H](CCS(=O)(=O)c1ccccc1)C(=O)O. The molecule has 0 aliphatic rings. The lowest BCUT2D eigenvalue weighted by Crippen LogP contribution is -2.42. The summed E-state index contributed by atoms with van der Waals surface area (Å²) >= 11 is 0. The Morgan fingerprint density at radius 2 is 1.59 bits per heavy atom. The van der Waals surface area contributed by atoms with E-state index in [1.807, 2.05) is 0 Å². The number of carbonyl (C=O) groups is 2. The topological polar surface area (TPSA) is 101 Å². The summed E-state index contributed by atoms with van der Waals surface area (Å²) in [6, 6.07) is 9.92. The number of aliphatic carboxylic acids is 1. The van der Waals surface area contributed by atoms with E-state index >= 15 is 0 Å². The molecule has 10 heteroatoms. The van der Waals surface area contributed by atoms with Crippen molar-refractivity contribution in [3.05, 3.63) is 65.7 Å². The molecule has 0 heterocycles. The van der Waals surface area contributed by atoms with Crippen LogP contribution < -0.4 is 5.32 Å². The van der Waals surface area contributed by atoms with Crippen molar-refractivity contribution in [1.29, 1.82) is 0 Å². The van der Waals surface area contributed by atoms with Gasteiger partial charge in [-0.2, -0.15) is 13.2 Å². The van der Waals surface area contributed by atoms with Gasteiger partial charge in [-0.3, -0.25) is 4.79 Å². The lowest BCUT2D eigenvalue weighted by molar-refractivity contribution is -0.141.